The van der Waals surface area contributed by atoms with Gasteiger partial charge in [-0.3, -0.25) is 0 Å². The van der Waals surface area contributed by atoms with Gasteiger partial charge >= 0.3 is 0 Å². The second-order valence-electron chi connectivity index (χ2n) is 2.73. The fraction of sp³-hybridized carbons (Fsp3) is 1.00. The average Bonchev–Trinajstić information content (AvgIpc) is 1.60. The van der Waals surface area contributed by atoms with Gasteiger partial charge in [0.1, 0.15) is 0 Å². The van der Waals surface area contributed by atoms with E-state index in [4.69, 9.17) is 0 Å². The Labute approximate surface area is 61.6 Å². The molecule has 1 aliphatic heterocycles. The highest BCUT2D eigenvalue weighted by Crippen LogP contribution is 2.33. The van der Waals surface area contributed by atoms with Crippen LogP contribution in [0.25, 0.3) is 0 Å². The van der Waals surface area contributed by atoms with E-state index < -0.39 is 0 Å². The van der Waals surface area contributed by atoms with Gasteiger partial charge < -0.3 is 5.32 Å². The molecule has 0 amide bonds. The molecule has 9 heavy (non-hydrogen) atoms. The van der Waals surface area contributed by atoms with Crippen LogP contribution in [-0.4, -0.2) is 24.6 Å². The van der Waals surface area contributed by atoms with Gasteiger partial charge in [-0.15, -0.1) is 0 Å². The van der Waals surface area contributed by atoms with Crippen molar-refractivity contribution in [2.75, 3.05) is 19.3 Å². The topological polar surface area (TPSA) is 12.0 Å². The van der Waals surface area contributed by atoms with Crippen LogP contribution >= 0.6 is 11.8 Å². The van der Waals surface area contributed by atoms with Gasteiger partial charge in [0.25, 0.3) is 0 Å². The van der Waals surface area contributed by atoms with Crippen molar-refractivity contribution in [1.29, 1.82) is 0 Å². The first-order valence-electron chi connectivity index (χ1n) is 3.61. The van der Waals surface area contributed by atoms with Crippen LogP contribution in [0.4, 0.5) is 0 Å². The van der Waals surface area contributed by atoms with Crippen molar-refractivity contribution in [3.8, 4) is 0 Å². The Morgan fingerprint density at radius 1 is 1.78 bits per heavy atom. The summed E-state index contributed by atoms with van der Waals surface area (Å²) in [6.45, 7) is 3.50. The largest absolute Gasteiger partial charge is 0.319 e. The summed E-state index contributed by atoms with van der Waals surface area (Å²) in [5, 5.41) is 4.16. The first-order chi connectivity index (χ1) is 4.34. The number of thioether (sulfide) groups is 1. The number of hydrogen-bond donors (Lipinski definition) is 1. The zero-order chi connectivity index (χ0) is 6.69. The molecule has 2 atom stereocenters. The van der Waals surface area contributed by atoms with E-state index in [1.807, 2.05) is 7.05 Å². The Morgan fingerprint density at radius 2 is 2.44 bits per heavy atom. The van der Waals surface area contributed by atoms with E-state index in [0.717, 1.165) is 11.2 Å². The van der Waals surface area contributed by atoms with Gasteiger partial charge in [-0.25, -0.2) is 0 Å². The highest BCUT2D eigenvalue weighted by atomic mass is 32.2. The molecule has 1 saturated heterocycles. The molecule has 54 valence electrons. The molecule has 0 saturated carbocycles. The summed E-state index contributed by atoms with van der Waals surface area (Å²) < 4.78 is 0. The normalized spacial score (nSPS) is 29.3. The van der Waals surface area contributed by atoms with Gasteiger partial charge in [0.05, 0.1) is 0 Å². The molecule has 2 heteroatoms. The van der Waals surface area contributed by atoms with Crippen molar-refractivity contribution in [3.05, 3.63) is 0 Å². The fourth-order valence-corrected chi connectivity index (χ4v) is 2.09. The van der Waals surface area contributed by atoms with Crippen LogP contribution < -0.4 is 5.32 Å². The fourth-order valence-electron chi connectivity index (χ4n) is 1.16. The third-order valence-electron chi connectivity index (χ3n) is 1.90. The molecule has 0 spiro atoms. The zero-order valence-corrected chi connectivity index (χ0v) is 7.00. The third kappa shape index (κ3) is 1.87. The number of hydrogen-bond acceptors (Lipinski definition) is 2. The van der Waals surface area contributed by atoms with Crippen LogP contribution in [0.2, 0.25) is 0 Å². The lowest BCUT2D eigenvalue weighted by Crippen LogP contribution is -2.30. The molecule has 1 aliphatic rings. The Morgan fingerprint density at radius 3 is 2.78 bits per heavy atom. The van der Waals surface area contributed by atoms with E-state index in [-0.39, 0.29) is 0 Å². The monoisotopic (exact) mass is 145 g/mol. The molecule has 0 aromatic rings. The highest BCUT2D eigenvalue weighted by Gasteiger charge is 2.23. The summed E-state index contributed by atoms with van der Waals surface area (Å²) in [7, 11) is 2.03. The molecule has 2 unspecified atom stereocenters. The molecular weight excluding hydrogens is 130 g/mol. The van der Waals surface area contributed by atoms with Crippen LogP contribution in [0.3, 0.4) is 0 Å². The zero-order valence-electron chi connectivity index (χ0n) is 6.18. The van der Waals surface area contributed by atoms with Gasteiger partial charge in [-0.1, -0.05) is 6.92 Å². The second-order valence-corrected chi connectivity index (χ2v) is 4.08. The summed E-state index contributed by atoms with van der Waals surface area (Å²) >= 11 is 2.11. The lowest BCUT2D eigenvalue weighted by molar-refractivity contribution is 0.498. The van der Waals surface area contributed by atoms with Gasteiger partial charge in [-0.05, 0) is 31.7 Å². The van der Waals surface area contributed by atoms with E-state index in [0.29, 0.717) is 0 Å². The Kier molecular flexibility index (Phi) is 2.86. The van der Waals surface area contributed by atoms with Gasteiger partial charge in [0.2, 0.25) is 0 Å². The molecule has 1 rings (SSSR count). The molecule has 0 aromatic heterocycles. The lowest BCUT2D eigenvalue weighted by Gasteiger charge is -2.30. The number of nitrogens with one attached hydrogen (secondary N) is 1. The lowest BCUT2D eigenvalue weighted by atomic mass is 10.1. The molecule has 1 nitrogen and oxygen atoms in total. The summed E-state index contributed by atoms with van der Waals surface area (Å²) in [6, 6.07) is 0. The minimum atomic E-state index is 0.869. The maximum Gasteiger partial charge on any atom is 0.00926 e. The van der Waals surface area contributed by atoms with Gasteiger partial charge in [0, 0.05) is 5.25 Å². The Balaban J connectivity index is 2.08. The van der Waals surface area contributed by atoms with Crippen molar-refractivity contribution in [2.24, 2.45) is 5.92 Å². The van der Waals surface area contributed by atoms with Crippen LogP contribution in [-0.2, 0) is 0 Å². The van der Waals surface area contributed by atoms with Crippen LogP contribution in [0.5, 0.6) is 0 Å². The molecule has 1 heterocycles. The predicted molar refractivity (Wildman–Crippen MR) is 44.0 cm³/mol. The first kappa shape index (κ1) is 7.42. The van der Waals surface area contributed by atoms with E-state index >= 15 is 0 Å². The summed E-state index contributed by atoms with van der Waals surface area (Å²) in [4.78, 5) is 0. The average molecular weight is 145 g/mol. The molecule has 1 N–H and O–H groups in total. The maximum atomic E-state index is 3.20. The maximum absolute atomic E-state index is 3.20. The van der Waals surface area contributed by atoms with Crippen molar-refractivity contribution in [2.45, 2.75) is 18.6 Å². The second kappa shape index (κ2) is 3.47. The molecule has 0 bridgehead atoms. The van der Waals surface area contributed by atoms with Crippen molar-refractivity contribution in [1.82, 2.24) is 5.32 Å². The van der Waals surface area contributed by atoms with E-state index in [1.54, 1.807) is 0 Å². The van der Waals surface area contributed by atoms with Crippen LogP contribution in [0.1, 0.15) is 13.3 Å². The smallest absolute Gasteiger partial charge is 0.00926 e. The highest BCUT2D eigenvalue weighted by molar-refractivity contribution is 8.01. The molecule has 0 aliphatic carbocycles. The standard InChI is InChI=1S/C7H15NS/c1-6(5-8-2)7-3-4-9-7/h6-8H,3-5H2,1-2H3. The summed E-state index contributed by atoms with van der Waals surface area (Å²) in [6.07, 6.45) is 1.44. The van der Waals surface area contributed by atoms with Crippen LogP contribution in [0.15, 0.2) is 0 Å². The van der Waals surface area contributed by atoms with E-state index in [1.165, 1.54) is 18.7 Å². The quantitative estimate of drug-likeness (QED) is 0.643. The molecule has 1 fully saturated rings. The SMILES string of the molecule is CNCC(C)C1CCS1. The van der Waals surface area contributed by atoms with Crippen molar-refractivity contribution in [3.63, 3.8) is 0 Å². The van der Waals surface area contributed by atoms with Crippen molar-refractivity contribution >= 4 is 11.8 Å². The summed E-state index contributed by atoms with van der Waals surface area (Å²) in [5.74, 6) is 2.26. The third-order valence-corrected chi connectivity index (χ3v) is 3.49. The molecule has 0 radical (unpaired) electrons. The number of rotatable bonds is 3. The van der Waals surface area contributed by atoms with Gasteiger partial charge in [0.15, 0.2) is 0 Å². The van der Waals surface area contributed by atoms with Crippen LogP contribution in [0, 0.1) is 5.92 Å². The molecule has 0 aromatic carbocycles. The van der Waals surface area contributed by atoms with E-state index in [9.17, 15) is 0 Å². The van der Waals surface area contributed by atoms with Crippen molar-refractivity contribution < 1.29 is 0 Å². The van der Waals surface area contributed by atoms with Gasteiger partial charge in [-0.2, -0.15) is 11.8 Å². The minimum absolute atomic E-state index is 0.869. The minimum Gasteiger partial charge on any atom is -0.319 e. The Bertz CT molecular complexity index is 81.0. The molecular formula is C7H15NS. The first-order valence-corrected chi connectivity index (χ1v) is 4.65. The predicted octanol–water partition coefficient (Wildman–Crippen LogP) is 1.35. The Hall–Kier alpha value is 0.310. The summed E-state index contributed by atoms with van der Waals surface area (Å²) in [5.41, 5.74) is 0. The van der Waals surface area contributed by atoms with E-state index in [2.05, 4.69) is 24.0 Å².